The minimum absolute atomic E-state index is 1.32. The molecule has 0 aromatic rings. The van der Waals surface area contributed by atoms with Crippen LogP contribution in [0.1, 0.15) is 26.7 Å². The molecule has 0 saturated carbocycles. The summed E-state index contributed by atoms with van der Waals surface area (Å²) in [6.07, 6.45) is 2.64. The molecule has 0 aromatic carbocycles. The van der Waals surface area contributed by atoms with Crippen molar-refractivity contribution in [2.75, 3.05) is 0 Å². The third-order valence-corrected chi connectivity index (χ3v) is 0.500. The van der Waals surface area contributed by atoms with Crippen LogP contribution >= 0.6 is 0 Å². The predicted octanol–water partition coefficient (Wildman–Crippen LogP) is 0.482. The van der Waals surface area contributed by atoms with E-state index in [2.05, 4.69) is 13.8 Å². The number of rotatable bonds is 1. The normalized spacial score (nSPS) is 6.14. The fraction of sp³-hybridized carbons (Fsp3) is 1.00. The van der Waals surface area contributed by atoms with Gasteiger partial charge in [-0.1, -0.05) is 26.7 Å². The summed E-state index contributed by atoms with van der Waals surface area (Å²) in [7, 11) is 0. The number of unbranched alkanes of at least 4 members (excludes halogenated alkanes) is 1. The van der Waals surface area contributed by atoms with Crippen molar-refractivity contribution in [1.82, 2.24) is 0 Å². The maximum atomic E-state index is 8.68. The van der Waals surface area contributed by atoms with Crippen molar-refractivity contribution in [2.45, 2.75) is 26.7 Å². The van der Waals surface area contributed by atoms with Crippen molar-refractivity contribution < 1.29 is 6.52 Å². The molecule has 0 aromatic heterocycles. The van der Waals surface area contributed by atoms with Crippen LogP contribution < -0.4 is 0 Å². The van der Waals surface area contributed by atoms with Crippen LogP contribution in [-0.4, -0.2) is 25.0 Å². The van der Waals surface area contributed by atoms with Gasteiger partial charge in [-0.05, 0) is 0 Å². The topological polar surface area (TPSA) is 37.3 Å². The van der Waals surface area contributed by atoms with E-state index >= 15 is 0 Å². The van der Waals surface area contributed by atoms with Crippen LogP contribution in [0.3, 0.4) is 0 Å². The van der Waals surface area contributed by atoms with Gasteiger partial charge in [0.05, 0.1) is 0 Å². The number of hydrogen-bond donors (Lipinski definition) is 1. The Hall–Kier alpha value is 0.559. The van der Waals surface area contributed by atoms with E-state index in [4.69, 9.17) is 6.52 Å². The molecule has 0 aliphatic heterocycles. The first-order valence-electron chi connectivity index (χ1n) is 2.41. The van der Waals surface area contributed by atoms with Crippen molar-refractivity contribution in [3.63, 3.8) is 0 Å². The van der Waals surface area contributed by atoms with E-state index < -0.39 is 21.5 Å². The average Bonchev–Trinajstić information content (AvgIpc) is 1.69. The summed E-state index contributed by atoms with van der Waals surface area (Å²) in [4.78, 5) is 0. The van der Waals surface area contributed by atoms with Crippen LogP contribution in [0.5, 0.6) is 0 Å². The van der Waals surface area contributed by atoms with Crippen LogP contribution in [0.2, 0.25) is 0 Å². The molecule has 0 bridgehead atoms. The standard InChI is InChI=1S/C4H10.H2O.O.Sn.H/c1-3-4-2;;;;/h3-4H2,1-2H3;1H2;;;/q;;;+1;/p-1. The quantitative estimate of drug-likeness (QED) is 0.640. The van der Waals surface area contributed by atoms with Gasteiger partial charge in [-0.15, -0.1) is 0 Å². The first-order chi connectivity index (χ1) is 3.33. The molecule has 1 N–H and O–H groups in total. The van der Waals surface area contributed by atoms with Crippen molar-refractivity contribution in [2.24, 2.45) is 0 Å². The van der Waals surface area contributed by atoms with E-state index in [9.17, 15) is 0 Å². The van der Waals surface area contributed by atoms with Crippen LogP contribution in [0.4, 0.5) is 0 Å². The van der Waals surface area contributed by atoms with E-state index in [0.29, 0.717) is 0 Å². The summed E-state index contributed by atoms with van der Waals surface area (Å²) in [5.41, 5.74) is 0. The summed E-state index contributed by atoms with van der Waals surface area (Å²) in [5, 5.41) is 0. The molecule has 0 atom stereocenters. The fourth-order valence-electron chi connectivity index (χ4n) is 0. The molecule has 44 valence electrons. The van der Waals surface area contributed by atoms with Crippen LogP contribution in [-0.2, 0) is 3.08 Å². The van der Waals surface area contributed by atoms with Crippen LogP contribution in [0.15, 0.2) is 0 Å². The van der Waals surface area contributed by atoms with Gasteiger partial charge in [0.1, 0.15) is 0 Å². The van der Waals surface area contributed by atoms with E-state index in [1.807, 2.05) is 0 Å². The summed E-state index contributed by atoms with van der Waals surface area (Å²) in [6, 6.07) is 0. The molecule has 0 spiro atoms. The predicted molar refractivity (Wildman–Crippen MR) is 30.6 cm³/mol. The van der Waals surface area contributed by atoms with Gasteiger partial charge in [0.15, 0.2) is 0 Å². The second kappa shape index (κ2) is 16.0. The zero-order valence-corrected chi connectivity index (χ0v) is 8.14. The SMILES string of the molecule is CCCC.[O]=[SnH][OH]. The first kappa shape index (κ1) is 10.5. The average molecular weight is 211 g/mol. The van der Waals surface area contributed by atoms with Gasteiger partial charge in [0.25, 0.3) is 0 Å². The Kier molecular flexibility index (Phi) is 24.1. The van der Waals surface area contributed by atoms with E-state index in [-0.39, 0.29) is 0 Å². The van der Waals surface area contributed by atoms with Crippen LogP contribution in [0.25, 0.3) is 0 Å². The van der Waals surface area contributed by atoms with Gasteiger partial charge in [-0.25, -0.2) is 0 Å². The fourth-order valence-corrected chi connectivity index (χ4v) is 0. The number of hydrogen-bond acceptors (Lipinski definition) is 1. The van der Waals surface area contributed by atoms with Crippen LogP contribution in [0, 0.1) is 0 Å². The Morgan fingerprint density at radius 2 is 1.57 bits per heavy atom. The van der Waals surface area contributed by atoms with E-state index in [0.717, 1.165) is 0 Å². The molecular weight excluding hydrogens is 199 g/mol. The van der Waals surface area contributed by atoms with E-state index in [1.54, 1.807) is 0 Å². The van der Waals surface area contributed by atoms with Gasteiger partial charge >= 0.3 is 28.1 Å². The second-order valence-electron chi connectivity index (χ2n) is 1.11. The third-order valence-electron chi connectivity index (χ3n) is 0.500. The Bertz CT molecular complexity index is 28.9. The zero-order valence-electron chi connectivity index (χ0n) is 4.85. The first-order valence-corrected chi connectivity index (χ1v) is 5.23. The monoisotopic (exact) mass is 212 g/mol. The van der Waals surface area contributed by atoms with Gasteiger partial charge in [0.2, 0.25) is 0 Å². The van der Waals surface area contributed by atoms with Gasteiger partial charge < -0.3 is 0 Å². The molecule has 0 aliphatic rings. The van der Waals surface area contributed by atoms with Gasteiger partial charge in [-0.2, -0.15) is 0 Å². The molecule has 0 aliphatic carbocycles. The summed E-state index contributed by atoms with van der Waals surface area (Å²) in [5.74, 6) is 0. The molecule has 0 fully saturated rings. The Labute approximate surface area is 55.1 Å². The molecule has 0 amide bonds. The van der Waals surface area contributed by atoms with Gasteiger partial charge in [0, 0.05) is 0 Å². The van der Waals surface area contributed by atoms with Crippen molar-refractivity contribution >= 4 is 21.5 Å². The third kappa shape index (κ3) is 56.1. The summed E-state index contributed by atoms with van der Waals surface area (Å²) >= 11 is -2.14. The summed E-state index contributed by atoms with van der Waals surface area (Å²) < 4.78 is 15.9. The van der Waals surface area contributed by atoms with Crippen molar-refractivity contribution in [3.05, 3.63) is 0 Å². The molecule has 0 unspecified atom stereocenters. The Morgan fingerprint density at radius 3 is 1.57 bits per heavy atom. The summed E-state index contributed by atoms with van der Waals surface area (Å²) in [6.45, 7) is 4.36. The zero-order chi connectivity index (χ0) is 6.12. The Morgan fingerprint density at radius 1 is 1.43 bits per heavy atom. The van der Waals surface area contributed by atoms with Crippen molar-refractivity contribution in [3.8, 4) is 0 Å². The molecule has 0 radical (unpaired) electrons. The molecule has 0 saturated heterocycles. The maximum absolute atomic E-state index is 8.68. The Balaban J connectivity index is 0. The molecule has 3 heteroatoms. The van der Waals surface area contributed by atoms with Gasteiger partial charge in [-0.3, -0.25) is 0 Å². The second-order valence-corrected chi connectivity index (χ2v) is 1.71. The molecule has 2 nitrogen and oxygen atoms in total. The minimum atomic E-state index is -2.14. The van der Waals surface area contributed by atoms with Crippen molar-refractivity contribution in [1.29, 1.82) is 0 Å². The van der Waals surface area contributed by atoms with E-state index in [1.165, 1.54) is 12.8 Å². The molecule has 0 heterocycles. The molecular formula is C4H12O2Sn. The molecule has 0 rings (SSSR count). The molecule has 7 heavy (non-hydrogen) atoms.